The Labute approximate surface area is 200 Å². The number of methoxy groups -OCH3 is 1. The summed E-state index contributed by atoms with van der Waals surface area (Å²) >= 11 is 0. The van der Waals surface area contributed by atoms with Crippen molar-refractivity contribution >= 4 is 33.5 Å². The van der Waals surface area contributed by atoms with Crippen molar-refractivity contribution in [3.63, 3.8) is 0 Å². The first-order chi connectivity index (χ1) is 17.0. The van der Waals surface area contributed by atoms with Crippen LogP contribution in [0.5, 0.6) is 5.75 Å². The van der Waals surface area contributed by atoms with E-state index >= 15 is 0 Å². The molecule has 0 saturated carbocycles. The van der Waals surface area contributed by atoms with Gasteiger partial charge in [-0.3, -0.25) is 14.2 Å². The minimum absolute atomic E-state index is 0.0677. The Morgan fingerprint density at radius 1 is 1.20 bits per heavy atom. The zero-order valence-corrected chi connectivity index (χ0v) is 19.6. The SMILES string of the molecule is CCc1noc(Cn2cnc3c4cc(C)ccc4n(CC(=O)Nc4cccc(OC)c4)c3c2=O)n1. The highest BCUT2D eigenvalue weighted by atomic mass is 16.5. The summed E-state index contributed by atoms with van der Waals surface area (Å²) in [6.07, 6.45) is 2.11. The maximum atomic E-state index is 13.6. The number of fused-ring (bicyclic) bond motifs is 3. The van der Waals surface area contributed by atoms with Gasteiger partial charge in [0.15, 0.2) is 5.82 Å². The van der Waals surface area contributed by atoms with Gasteiger partial charge in [-0.2, -0.15) is 4.98 Å². The molecule has 3 heterocycles. The lowest BCUT2D eigenvalue weighted by Crippen LogP contribution is -2.25. The fraction of sp³-hybridized carbons (Fsp3) is 0.240. The summed E-state index contributed by atoms with van der Waals surface area (Å²) < 4.78 is 13.6. The van der Waals surface area contributed by atoms with Crippen molar-refractivity contribution in [3.8, 4) is 5.75 Å². The highest BCUT2D eigenvalue weighted by Crippen LogP contribution is 2.27. The third-order valence-electron chi connectivity index (χ3n) is 5.77. The number of aryl methyl sites for hydroxylation is 2. The van der Waals surface area contributed by atoms with E-state index in [4.69, 9.17) is 9.26 Å². The summed E-state index contributed by atoms with van der Waals surface area (Å²) in [5.74, 6) is 1.24. The van der Waals surface area contributed by atoms with Gasteiger partial charge < -0.3 is 19.1 Å². The second kappa shape index (κ2) is 9.05. The molecule has 0 bridgehead atoms. The van der Waals surface area contributed by atoms with E-state index in [9.17, 15) is 9.59 Å². The van der Waals surface area contributed by atoms with Gasteiger partial charge in [0.1, 0.15) is 29.9 Å². The average molecular weight is 473 g/mol. The molecule has 178 valence electrons. The van der Waals surface area contributed by atoms with Crippen LogP contribution in [0.2, 0.25) is 0 Å². The van der Waals surface area contributed by atoms with Crippen LogP contribution in [0.15, 0.2) is 58.1 Å². The van der Waals surface area contributed by atoms with Crippen LogP contribution in [0.1, 0.15) is 24.2 Å². The van der Waals surface area contributed by atoms with Crippen molar-refractivity contribution in [2.75, 3.05) is 12.4 Å². The third-order valence-corrected chi connectivity index (χ3v) is 5.77. The van der Waals surface area contributed by atoms with Gasteiger partial charge in [-0.25, -0.2) is 4.98 Å². The zero-order chi connectivity index (χ0) is 24.5. The van der Waals surface area contributed by atoms with Crippen molar-refractivity contribution in [1.29, 1.82) is 0 Å². The van der Waals surface area contributed by atoms with Gasteiger partial charge in [0, 0.05) is 23.6 Å². The third kappa shape index (κ3) is 4.25. The van der Waals surface area contributed by atoms with E-state index < -0.39 is 0 Å². The number of hydrogen-bond donors (Lipinski definition) is 1. The van der Waals surface area contributed by atoms with E-state index in [1.165, 1.54) is 10.9 Å². The van der Waals surface area contributed by atoms with Crippen LogP contribution in [0.4, 0.5) is 5.69 Å². The van der Waals surface area contributed by atoms with E-state index in [-0.39, 0.29) is 24.6 Å². The van der Waals surface area contributed by atoms with E-state index in [1.807, 2.05) is 32.0 Å². The van der Waals surface area contributed by atoms with Crippen LogP contribution < -0.4 is 15.6 Å². The molecular formula is C25H24N6O4. The second-order valence-corrected chi connectivity index (χ2v) is 8.22. The number of amides is 1. The number of anilines is 1. The molecule has 0 aliphatic carbocycles. The first-order valence-corrected chi connectivity index (χ1v) is 11.2. The largest absolute Gasteiger partial charge is 0.497 e. The topological polar surface area (TPSA) is 117 Å². The first kappa shape index (κ1) is 22.3. The molecule has 2 aromatic carbocycles. The molecule has 10 nitrogen and oxygen atoms in total. The van der Waals surface area contributed by atoms with Gasteiger partial charge >= 0.3 is 0 Å². The molecule has 0 fully saturated rings. The quantitative estimate of drug-likeness (QED) is 0.386. The molecule has 0 unspecified atom stereocenters. The smallest absolute Gasteiger partial charge is 0.278 e. The summed E-state index contributed by atoms with van der Waals surface area (Å²) in [5.41, 5.74) is 2.96. The molecule has 0 spiro atoms. The summed E-state index contributed by atoms with van der Waals surface area (Å²) in [6, 6.07) is 12.9. The van der Waals surface area contributed by atoms with Gasteiger partial charge in [0.25, 0.3) is 5.56 Å². The number of carbonyl (C=O) groups excluding carboxylic acids is 1. The molecular weight excluding hydrogens is 448 g/mol. The van der Waals surface area contributed by atoms with E-state index in [0.29, 0.717) is 40.6 Å². The molecule has 35 heavy (non-hydrogen) atoms. The second-order valence-electron chi connectivity index (χ2n) is 8.22. The summed E-state index contributed by atoms with van der Waals surface area (Å²) in [6.45, 7) is 3.92. The zero-order valence-electron chi connectivity index (χ0n) is 19.6. The molecule has 0 radical (unpaired) electrons. The Morgan fingerprint density at radius 3 is 2.83 bits per heavy atom. The fourth-order valence-electron chi connectivity index (χ4n) is 4.08. The lowest BCUT2D eigenvalue weighted by molar-refractivity contribution is -0.116. The van der Waals surface area contributed by atoms with Crippen molar-refractivity contribution in [2.45, 2.75) is 33.4 Å². The molecule has 5 aromatic rings. The van der Waals surface area contributed by atoms with Crippen molar-refractivity contribution in [3.05, 3.63) is 76.4 Å². The number of carbonyl (C=O) groups is 1. The van der Waals surface area contributed by atoms with Crippen LogP contribution in [0, 0.1) is 6.92 Å². The van der Waals surface area contributed by atoms with Crippen molar-refractivity contribution in [1.82, 2.24) is 24.3 Å². The van der Waals surface area contributed by atoms with E-state index in [2.05, 4.69) is 20.4 Å². The molecule has 0 saturated heterocycles. The monoisotopic (exact) mass is 472 g/mol. The molecule has 1 N–H and O–H groups in total. The van der Waals surface area contributed by atoms with Crippen LogP contribution in [-0.4, -0.2) is 37.3 Å². The summed E-state index contributed by atoms with van der Waals surface area (Å²) in [5, 5.41) is 7.57. The number of rotatable bonds is 7. The molecule has 0 aliphatic heterocycles. The first-order valence-electron chi connectivity index (χ1n) is 11.2. The average Bonchev–Trinajstić information content (AvgIpc) is 3.43. The molecule has 5 rings (SSSR count). The highest BCUT2D eigenvalue weighted by molar-refractivity contribution is 6.06. The number of nitrogens with one attached hydrogen (secondary N) is 1. The summed E-state index contributed by atoms with van der Waals surface area (Å²) in [7, 11) is 1.57. The van der Waals surface area contributed by atoms with Gasteiger partial charge in [-0.1, -0.05) is 29.8 Å². The Balaban J connectivity index is 1.57. The van der Waals surface area contributed by atoms with Crippen LogP contribution >= 0.6 is 0 Å². The van der Waals surface area contributed by atoms with Gasteiger partial charge in [-0.05, 0) is 31.2 Å². The maximum Gasteiger partial charge on any atom is 0.278 e. The summed E-state index contributed by atoms with van der Waals surface area (Å²) in [4.78, 5) is 35.5. The number of nitrogens with zero attached hydrogens (tertiary/aromatic N) is 5. The molecule has 3 aromatic heterocycles. The number of benzene rings is 2. The minimum Gasteiger partial charge on any atom is -0.497 e. The Morgan fingerprint density at radius 2 is 2.06 bits per heavy atom. The van der Waals surface area contributed by atoms with E-state index in [1.54, 1.807) is 35.9 Å². The Kier molecular flexibility index (Phi) is 5.77. The molecule has 0 atom stereocenters. The predicted molar refractivity (Wildman–Crippen MR) is 131 cm³/mol. The Bertz CT molecular complexity index is 1610. The highest BCUT2D eigenvalue weighted by Gasteiger charge is 2.19. The van der Waals surface area contributed by atoms with Gasteiger partial charge in [0.05, 0.1) is 19.0 Å². The number of hydrogen-bond acceptors (Lipinski definition) is 7. The maximum absolute atomic E-state index is 13.6. The normalized spacial score (nSPS) is 11.3. The lowest BCUT2D eigenvalue weighted by atomic mass is 10.1. The lowest BCUT2D eigenvalue weighted by Gasteiger charge is -2.10. The van der Waals surface area contributed by atoms with Crippen molar-refractivity contribution in [2.24, 2.45) is 0 Å². The number of aromatic nitrogens is 5. The Hall–Kier alpha value is -4.47. The molecule has 0 aliphatic rings. The number of ether oxygens (including phenoxy) is 1. The van der Waals surface area contributed by atoms with Gasteiger partial charge in [0.2, 0.25) is 11.8 Å². The fourth-order valence-corrected chi connectivity index (χ4v) is 4.08. The standard InChI is InChI=1S/C25H24N6O4/c1-4-20-28-22(35-29-20)13-30-14-26-23-18-10-15(2)8-9-19(18)31(24(23)25(30)33)12-21(32)27-16-6-5-7-17(11-16)34-3/h5-11,14H,4,12-13H2,1-3H3,(H,27,32). The molecule has 1 amide bonds. The van der Waals surface area contributed by atoms with Crippen LogP contribution in [-0.2, 0) is 24.3 Å². The van der Waals surface area contributed by atoms with E-state index in [0.717, 1.165) is 16.5 Å². The van der Waals surface area contributed by atoms with Crippen LogP contribution in [0.25, 0.3) is 21.9 Å². The van der Waals surface area contributed by atoms with Gasteiger partial charge in [-0.15, -0.1) is 0 Å². The minimum atomic E-state index is -0.297. The van der Waals surface area contributed by atoms with Crippen LogP contribution in [0.3, 0.4) is 0 Å². The molecule has 10 heteroatoms. The predicted octanol–water partition coefficient (Wildman–Crippen LogP) is 3.30. The van der Waals surface area contributed by atoms with Crippen molar-refractivity contribution < 1.29 is 14.1 Å².